The van der Waals surface area contributed by atoms with Gasteiger partial charge in [-0.3, -0.25) is 4.57 Å². The molecule has 0 saturated heterocycles. The van der Waals surface area contributed by atoms with Crippen LogP contribution in [-0.2, 0) is 6.54 Å². The van der Waals surface area contributed by atoms with Crippen molar-refractivity contribution in [3.63, 3.8) is 0 Å². The smallest absolute Gasteiger partial charge is 0.347 e. The first kappa shape index (κ1) is 11.3. The summed E-state index contributed by atoms with van der Waals surface area (Å²) < 4.78 is 14.4. The fraction of sp³-hybridized carbons (Fsp3) is 0.167. The summed E-state index contributed by atoms with van der Waals surface area (Å²) in [5.74, 6) is -0.284. The van der Waals surface area contributed by atoms with Gasteiger partial charge in [-0.15, -0.1) is 0 Å². The largest absolute Gasteiger partial charge is 0.383 e. The van der Waals surface area contributed by atoms with Crippen LogP contribution in [0.15, 0.2) is 47.5 Å². The zero-order valence-corrected chi connectivity index (χ0v) is 9.14. The zero-order valence-electron chi connectivity index (χ0n) is 9.14. The number of hydrogen-bond acceptors (Lipinski definition) is 3. The van der Waals surface area contributed by atoms with Crippen LogP contribution in [0, 0.1) is 5.82 Å². The first-order chi connectivity index (χ1) is 8.25. The topological polar surface area (TPSA) is 46.9 Å². The Morgan fingerprint density at radius 3 is 3.00 bits per heavy atom. The van der Waals surface area contributed by atoms with Gasteiger partial charge in [-0.2, -0.15) is 0 Å². The number of benzene rings is 1. The van der Waals surface area contributed by atoms with Crippen LogP contribution in [0.5, 0.6) is 0 Å². The molecule has 0 atom stereocenters. The normalized spacial score (nSPS) is 10.2. The summed E-state index contributed by atoms with van der Waals surface area (Å²) in [5.41, 5.74) is 0.412. The number of hydrogen-bond donors (Lipinski definition) is 1. The molecule has 0 aliphatic rings. The highest BCUT2D eigenvalue weighted by Crippen LogP contribution is 2.08. The molecule has 0 aliphatic heterocycles. The number of nitrogens with zero attached hydrogens (tertiary/aromatic N) is 2. The Hall–Kier alpha value is -2.17. The molecule has 2 aromatic rings. The third kappa shape index (κ3) is 3.14. The van der Waals surface area contributed by atoms with Crippen LogP contribution in [0.1, 0.15) is 0 Å². The Kier molecular flexibility index (Phi) is 3.49. The molecule has 4 nitrogen and oxygen atoms in total. The van der Waals surface area contributed by atoms with Crippen molar-refractivity contribution < 1.29 is 4.39 Å². The Balaban J connectivity index is 1.92. The molecule has 88 valence electrons. The first-order valence-corrected chi connectivity index (χ1v) is 5.26. The van der Waals surface area contributed by atoms with Gasteiger partial charge in [0, 0.05) is 31.2 Å². The van der Waals surface area contributed by atoms with Crippen LogP contribution in [0.25, 0.3) is 0 Å². The Labute approximate surface area is 97.7 Å². The molecule has 1 aromatic carbocycles. The minimum absolute atomic E-state index is 0.284. The molecule has 0 radical (unpaired) electrons. The van der Waals surface area contributed by atoms with Crippen molar-refractivity contribution in [1.29, 1.82) is 0 Å². The fourth-order valence-electron chi connectivity index (χ4n) is 1.48. The molecule has 17 heavy (non-hydrogen) atoms. The lowest BCUT2D eigenvalue weighted by molar-refractivity contribution is 0.627. The van der Waals surface area contributed by atoms with Gasteiger partial charge in [0.1, 0.15) is 5.82 Å². The third-order valence-corrected chi connectivity index (χ3v) is 2.29. The van der Waals surface area contributed by atoms with Crippen molar-refractivity contribution in [3.05, 3.63) is 59.0 Å². The monoisotopic (exact) mass is 233 g/mol. The number of anilines is 1. The second kappa shape index (κ2) is 5.25. The van der Waals surface area contributed by atoms with E-state index in [-0.39, 0.29) is 11.5 Å². The first-order valence-electron chi connectivity index (χ1n) is 5.26. The van der Waals surface area contributed by atoms with Crippen molar-refractivity contribution in [1.82, 2.24) is 9.55 Å². The van der Waals surface area contributed by atoms with Crippen LogP contribution in [-0.4, -0.2) is 16.1 Å². The number of nitrogens with one attached hydrogen (secondary N) is 1. The lowest BCUT2D eigenvalue weighted by atomic mass is 10.3. The predicted molar refractivity (Wildman–Crippen MR) is 63.4 cm³/mol. The van der Waals surface area contributed by atoms with Crippen LogP contribution in [0.3, 0.4) is 0 Å². The van der Waals surface area contributed by atoms with Gasteiger partial charge in [0.2, 0.25) is 0 Å². The van der Waals surface area contributed by atoms with Gasteiger partial charge in [0.15, 0.2) is 0 Å². The molecular formula is C12H12FN3O. The van der Waals surface area contributed by atoms with E-state index < -0.39 is 0 Å². The summed E-state index contributed by atoms with van der Waals surface area (Å²) in [6, 6.07) is 7.90. The Morgan fingerprint density at radius 1 is 1.35 bits per heavy atom. The molecule has 0 fully saturated rings. The SMILES string of the molecule is O=c1ncccn1CCNc1cccc(F)c1. The van der Waals surface area contributed by atoms with E-state index in [4.69, 9.17) is 0 Å². The molecule has 1 heterocycles. The average molecular weight is 233 g/mol. The van der Waals surface area contributed by atoms with Crippen molar-refractivity contribution >= 4 is 5.69 Å². The highest BCUT2D eigenvalue weighted by Gasteiger charge is 1.96. The third-order valence-electron chi connectivity index (χ3n) is 2.29. The van der Waals surface area contributed by atoms with Gasteiger partial charge in [-0.25, -0.2) is 14.2 Å². The fourth-order valence-corrected chi connectivity index (χ4v) is 1.48. The quantitative estimate of drug-likeness (QED) is 0.870. The molecule has 0 amide bonds. The minimum atomic E-state index is -0.284. The summed E-state index contributed by atoms with van der Waals surface area (Å²) in [6.07, 6.45) is 3.13. The zero-order chi connectivity index (χ0) is 12.1. The van der Waals surface area contributed by atoms with Gasteiger partial charge < -0.3 is 5.32 Å². The van der Waals surface area contributed by atoms with E-state index in [0.29, 0.717) is 18.8 Å². The standard InChI is InChI=1S/C12H12FN3O/c13-10-3-1-4-11(9-10)14-6-8-16-7-2-5-15-12(16)17/h1-5,7,9,14H,6,8H2. The molecule has 0 saturated carbocycles. The van der Waals surface area contributed by atoms with Gasteiger partial charge in [-0.05, 0) is 24.3 Å². The molecule has 0 bridgehead atoms. The second-order valence-corrected chi connectivity index (χ2v) is 3.53. The maximum absolute atomic E-state index is 12.9. The summed E-state index contributed by atoms with van der Waals surface area (Å²) in [5, 5.41) is 3.03. The lowest BCUT2D eigenvalue weighted by Crippen LogP contribution is -2.24. The van der Waals surface area contributed by atoms with E-state index in [0.717, 1.165) is 0 Å². The van der Waals surface area contributed by atoms with E-state index in [1.807, 2.05) is 0 Å². The van der Waals surface area contributed by atoms with E-state index >= 15 is 0 Å². The molecule has 0 aliphatic carbocycles. The van der Waals surface area contributed by atoms with Crippen LogP contribution in [0.2, 0.25) is 0 Å². The highest BCUT2D eigenvalue weighted by atomic mass is 19.1. The number of rotatable bonds is 4. The van der Waals surface area contributed by atoms with Crippen molar-refractivity contribution in [2.45, 2.75) is 6.54 Å². The van der Waals surface area contributed by atoms with Gasteiger partial charge in [-0.1, -0.05) is 6.07 Å². The predicted octanol–water partition coefficient (Wildman–Crippen LogP) is 1.49. The highest BCUT2D eigenvalue weighted by molar-refractivity contribution is 5.42. The maximum atomic E-state index is 12.9. The molecule has 1 N–H and O–H groups in total. The van der Waals surface area contributed by atoms with Gasteiger partial charge in [0.25, 0.3) is 0 Å². The van der Waals surface area contributed by atoms with Crippen molar-refractivity contribution in [3.8, 4) is 0 Å². The van der Waals surface area contributed by atoms with Crippen LogP contribution < -0.4 is 11.0 Å². The van der Waals surface area contributed by atoms with E-state index in [1.54, 1.807) is 24.4 Å². The average Bonchev–Trinajstić information content (AvgIpc) is 2.32. The Morgan fingerprint density at radius 2 is 2.24 bits per heavy atom. The van der Waals surface area contributed by atoms with Gasteiger partial charge in [0.05, 0.1) is 0 Å². The molecule has 5 heteroatoms. The molecular weight excluding hydrogens is 221 g/mol. The van der Waals surface area contributed by atoms with Crippen LogP contribution >= 0.6 is 0 Å². The lowest BCUT2D eigenvalue weighted by Gasteiger charge is -2.07. The van der Waals surface area contributed by atoms with Gasteiger partial charge >= 0.3 is 5.69 Å². The Bertz CT molecular complexity index is 553. The van der Waals surface area contributed by atoms with Crippen LogP contribution in [0.4, 0.5) is 10.1 Å². The molecule has 2 rings (SSSR count). The molecule has 1 aromatic heterocycles. The number of aromatic nitrogens is 2. The van der Waals surface area contributed by atoms with Crippen molar-refractivity contribution in [2.75, 3.05) is 11.9 Å². The maximum Gasteiger partial charge on any atom is 0.347 e. The van der Waals surface area contributed by atoms with Crippen molar-refractivity contribution in [2.24, 2.45) is 0 Å². The van der Waals surface area contributed by atoms with E-state index in [1.165, 1.54) is 22.9 Å². The summed E-state index contributed by atoms with van der Waals surface area (Å²) in [6.45, 7) is 1.03. The minimum Gasteiger partial charge on any atom is -0.383 e. The van der Waals surface area contributed by atoms with E-state index in [2.05, 4.69) is 10.3 Å². The summed E-state index contributed by atoms with van der Waals surface area (Å²) in [7, 11) is 0. The number of halogens is 1. The molecule has 0 spiro atoms. The second-order valence-electron chi connectivity index (χ2n) is 3.53. The summed E-state index contributed by atoms with van der Waals surface area (Å²) >= 11 is 0. The summed E-state index contributed by atoms with van der Waals surface area (Å²) in [4.78, 5) is 14.9. The molecule has 0 unspecified atom stereocenters. The van der Waals surface area contributed by atoms with E-state index in [9.17, 15) is 9.18 Å².